The smallest absolute Gasteiger partial charge is 0.229 e. The van der Waals surface area contributed by atoms with Crippen molar-refractivity contribution in [2.75, 3.05) is 49.6 Å². The number of aromatic nitrogens is 1. The Morgan fingerprint density at radius 2 is 2.00 bits per heavy atom. The molecule has 2 N–H and O–H groups in total. The SMILES string of the molecule is C[C@]1(N2CCN(c3cc4cc(NC(=O)[C@@H]5CC56CC6)ncc4cc3Cl)CC2)COC[C@H]1O. The summed E-state index contributed by atoms with van der Waals surface area (Å²) in [5.74, 6) is 0.875. The molecular weight excluding hydrogens is 428 g/mol. The highest BCUT2D eigenvalue weighted by molar-refractivity contribution is 6.34. The maximum atomic E-state index is 12.5. The van der Waals surface area contributed by atoms with E-state index in [2.05, 4.69) is 33.1 Å². The van der Waals surface area contributed by atoms with Gasteiger partial charge in [-0.3, -0.25) is 9.69 Å². The summed E-state index contributed by atoms with van der Waals surface area (Å²) in [6.45, 7) is 6.38. The first kappa shape index (κ1) is 20.7. The molecule has 1 amide bonds. The quantitative estimate of drug-likeness (QED) is 0.736. The van der Waals surface area contributed by atoms with E-state index in [1.54, 1.807) is 6.20 Å². The lowest BCUT2D eigenvalue weighted by Crippen LogP contribution is -2.60. The van der Waals surface area contributed by atoms with Gasteiger partial charge >= 0.3 is 0 Å². The van der Waals surface area contributed by atoms with Gasteiger partial charge in [0.2, 0.25) is 5.91 Å². The van der Waals surface area contributed by atoms with E-state index in [-0.39, 0.29) is 17.4 Å². The van der Waals surface area contributed by atoms with Crippen molar-refractivity contribution < 1.29 is 14.6 Å². The fraction of sp³-hybridized carbons (Fsp3) is 0.583. The number of hydrogen-bond acceptors (Lipinski definition) is 6. The van der Waals surface area contributed by atoms with Crippen molar-refractivity contribution in [2.45, 2.75) is 37.8 Å². The topological polar surface area (TPSA) is 77.9 Å². The first-order valence-electron chi connectivity index (χ1n) is 11.5. The second-order valence-electron chi connectivity index (χ2n) is 10.2. The number of carbonyl (C=O) groups excluding carboxylic acids is 1. The van der Waals surface area contributed by atoms with Gasteiger partial charge in [-0.2, -0.15) is 0 Å². The summed E-state index contributed by atoms with van der Waals surface area (Å²) in [6.07, 6.45) is 4.73. The lowest BCUT2D eigenvalue weighted by Gasteiger charge is -2.45. The summed E-state index contributed by atoms with van der Waals surface area (Å²) in [5, 5.41) is 16.1. The molecule has 3 atom stereocenters. The van der Waals surface area contributed by atoms with Crippen LogP contribution in [0, 0.1) is 11.3 Å². The van der Waals surface area contributed by atoms with Crippen molar-refractivity contribution in [1.29, 1.82) is 0 Å². The third-order valence-electron chi connectivity index (χ3n) is 8.17. The Morgan fingerprint density at radius 1 is 1.22 bits per heavy atom. The molecule has 8 heteroatoms. The van der Waals surface area contributed by atoms with Gasteiger partial charge in [0.05, 0.1) is 35.6 Å². The fourth-order valence-electron chi connectivity index (χ4n) is 5.52. The third-order valence-corrected chi connectivity index (χ3v) is 8.47. The van der Waals surface area contributed by atoms with Gasteiger partial charge in [0.1, 0.15) is 5.82 Å². The van der Waals surface area contributed by atoms with Crippen LogP contribution in [0.5, 0.6) is 0 Å². The lowest BCUT2D eigenvalue weighted by atomic mass is 9.95. The number of nitrogens with one attached hydrogen (secondary N) is 1. The van der Waals surface area contributed by atoms with Gasteiger partial charge in [-0.15, -0.1) is 0 Å². The van der Waals surface area contributed by atoms with Crippen molar-refractivity contribution in [3.8, 4) is 0 Å². The van der Waals surface area contributed by atoms with Crippen LogP contribution < -0.4 is 10.2 Å². The molecule has 2 aromatic rings. The maximum absolute atomic E-state index is 12.5. The highest BCUT2D eigenvalue weighted by Gasteiger charge is 2.65. The Morgan fingerprint density at radius 3 is 2.66 bits per heavy atom. The Balaban J connectivity index is 1.18. The van der Waals surface area contributed by atoms with E-state index in [1.165, 1.54) is 12.8 Å². The molecule has 1 aromatic carbocycles. The molecule has 0 unspecified atom stereocenters. The molecular formula is C24H29ClN4O3. The first-order valence-corrected chi connectivity index (χ1v) is 11.9. The standard InChI is InChI=1S/C24H29ClN4O3/c1-23(14-32-13-20(23)30)29-6-4-28(5-7-29)19-9-15-10-21(26-12-16(15)8-18(19)25)27-22(31)17-11-24(17)2-3-24/h8-10,12,17,20,30H,2-7,11,13-14H2,1H3,(H,26,27,31)/t17-,20+,23-/m0/s1. The monoisotopic (exact) mass is 456 g/mol. The number of aliphatic hydroxyl groups excluding tert-OH is 1. The molecule has 0 radical (unpaired) electrons. The second kappa shape index (κ2) is 7.29. The van der Waals surface area contributed by atoms with Crippen LogP contribution in [0.25, 0.3) is 10.8 Å². The first-order chi connectivity index (χ1) is 15.4. The van der Waals surface area contributed by atoms with E-state index in [1.807, 2.05) is 12.1 Å². The number of nitrogens with zero attached hydrogens (tertiary/aromatic N) is 3. The van der Waals surface area contributed by atoms with Gasteiger partial charge in [0, 0.05) is 43.7 Å². The number of pyridine rings is 1. The molecule has 2 saturated heterocycles. The Kier molecular flexibility index (Phi) is 4.70. The summed E-state index contributed by atoms with van der Waals surface area (Å²) >= 11 is 6.65. The van der Waals surface area contributed by atoms with E-state index < -0.39 is 6.10 Å². The minimum absolute atomic E-state index is 0.103. The number of fused-ring (bicyclic) bond motifs is 1. The van der Waals surface area contributed by atoms with Crippen LogP contribution in [0.1, 0.15) is 26.2 Å². The second-order valence-corrected chi connectivity index (χ2v) is 10.6. The minimum atomic E-state index is -0.454. The number of benzene rings is 1. The van der Waals surface area contributed by atoms with Crippen LogP contribution in [-0.4, -0.2) is 71.9 Å². The molecule has 2 saturated carbocycles. The van der Waals surface area contributed by atoms with E-state index >= 15 is 0 Å². The number of rotatable bonds is 4. The van der Waals surface area contributed by atoms with Gasteiger partial charge in [-0.05, 0) is 55.2 Å². The van der Waals surface area contributed by atoms with Crippen LogP contribution in [-0.2, 0) is 9.53 Å². The molecule has 1 spiro atoms. The molecule has 3 heterocycles. The van der Waals surface area contributed by atoms with Crippen LogP contribution in [0.4, 0.5) is 11.5 Å². The van der Waals surface area contributed by atoms with Gasteiger partial charge in [-0.1, -0.05) is 11.6 Å². The predicted molar refractivity (Wildman–Crippen MR) is 124 cm³/mol. The van der Waals surface area contributed by atoms with Crippen molar-refractivity contribution in [3.05, 3.63) is 29.4 Å². The number of halogens is 1. The summed E-state index contributed by atoms with van der Waals surface area (Å²) < 4.78 is 5.51. The van der Waals surface area contributed by atoms with Gasteiger partial charge in [-0.25, -0.2) is 4.98 Å². The molecule has 2 aliphatic carbocycles. The number of hydrogen-bond donors (Lipinski definition) is 2. The van der Waals surface area contributed by atoms with Crippen LogP contribution in [0.3, 0.4) is 0 Å². The van der Waals surface area contributed by atoms with E-state index in [9.17, 15) is 9.90 Å². The third kappa shape index (κ3) is 3.37. The van der Waals surface area contributed by atoms with Crippen molar-refractivity contribution in [1.82, 2.24) is 9.88 Å². The average molecular weight is 457 g/mol. The number of piperazine rings is 1. The number of anilines is 2. The zero-order valence-electron chi connectivity index (χ0n) is 18.3. The maximum Gasteiger partial charge on any atom is 0.229 e. The van der Waals surface area contributed by atoms with Gasteiger partial charge in [0.15, 0.2) is 0 Å². The fourth-order valence-corrected chi connectivity index (χ4v) is 5.81. The highest BCUT2D eigenvalue weighted by Crippen LogP contribution is 2.70. The van der Waals surface area contributed by atoms with Crippen LogP contribution in [0.15, 0.2) is 24.4 Å². The zero-order valence-corrected chi connectivity index (χ0v) is 19.1. The Labute approximate surface area is 192 Å². The van der Waals surface area contributed by atoms with E-state index in [4.69, 9.17) is 16.3 Å². The molecule has 7 nitrogen and oxygen atoms in total. The molecule has 1 aromatic heterocycles. The van der Waals surface area contributed by atoms with Crippen LogP contribution in [0.2, 0.25) is 5.02 Å². The van der Waals surface area contributed by atoms with Crippen molar-refractivity contribution >= 4 is 39.8 Å². The minimum Gasteiger partial charge on any atom is -0.389 e. The van der Waals surface area contributed by atoms with Crippen LogP contribution >= 0.6 is 11.6 Å². The highest BCUT2D eigenvalue weighted by atomic mass is 35.5. The van der Waals surface area contributed by atoms with Gasteiger partial charge < -0.3 is 20.1 Å². The molecule has 0 bridgehead atoms. The van der Waals surface area contributed by atoms with E-state index in [0.29, 0.717) is 29.5 Å². The zero-order chi connectivity index (χ0) is 22.1. The normalized spacial score (nSPS) is 31.3. The van der Waals surface area contributed by atoms with Crippen molar-refractivity contribution in [3.63, 3.8) is 0 Å². The number of amides is 1. The molecule has 6 rings (SSSR count). The average Bonchev–Trinajstić information content (AvgIpc) is 3.70. The number of ether oxygens (including phenoxy) is 1. The Hall–Kier alpha value is -1.93. The summed E-state index contributed by atoms with van der Waals surface area (Å²) in [4.78, 5) is 21.6. The summed E-state index contributed by atoms with van der Waals surface area (Å²) in [5.41, 5.74) is 1.01. The Bertz CT molecular complexity index is 1080. The predicted octanol–water partition coefficient (Wildman–Crippen LogP) is 2.90. The summed E-state index contributed by atoms with van der Waals surface area (Å²) in [7, 11) is 0. The molecule has 170 valence electrons. The largest absolute Gasteiger partial charge is 0.389 e. The van der Waals surface area contributed by atoms with E-state index in [0.717, 1.165) is 49.1 Å². The van der Waals surface area contributed by atoms with Gasteiger partial charge in [0.25, 0.3) is 0 Å². The molecule has 2 aliphatic heterocycles. The van der Waals surface area contributed by atoms with Crippen molar-refractivity contribution in [2.24, 2.45) is 11.3 Å². The molecule has 4 fully saturated rings. The lowest BCUT2D eigenvalue weighted by molar-refractivity contribution is -0.117. The number of carbonyl (C=O) groups is 1. The molecule has 4 aliphatic rings. The summed E-state index contributed by atoms with van der Waals surface area (Å²) in [6, 6.07) is 5.99. The molecule has 32 heavy (non-hydrogen) atoms. The number of aliphatic hydroxyl groups is 1.